The number of halogens is 2. The molecule has 0 saturated carbocycles. The normalized spacial score (nSPS) is 13.5. The van der Waals surface area contributed by atoms with E-state index >= 15 is 0 Å². The maximum Gasteiger partial charge on any atom is 0.342 e. The Labute approximate surface area is 125 Å². The highest BCUT2D eigenvalue weighted by atomic mass is 79.9. The minimum absolute atomic E-state index is 0.0963. The van der Waals surface area contributed by atoms with E-state index in [1.54, 1.807) is 13.0 Å². The lowest BCUT2D eigenvalue weighted by atomic mass is 10.0. The fraction of sp³-hybridized carbons (Fsp3) is 0.462. The molecule has 0 aliphatic heterocycles. The second kappa shape index (κ2) is 7.44. The Morgan fingerprint density at radius 3 is 2.40 bits per heavy atom. The van der Waals surface area contributed by atoms with E-state index in [0.717, 1.165) is 0 Å². The maximum absolute atomic E-state index is 14.0. The third-order valence-electron chi connectivity index (χ3n) is 2.69. The Kier molecular flexibility index (Phi) is 6.22. The first-order valence-corrected chi connectivity index (χ1v) is 6.73. The van der Waals surface area contributed by atoms with Crippen LogP contribution in [0.3, 0.4) is 0 Å². The molecule has 0 amide bonds. The van der Waals surface area contributed by atoms with Gasteiger partial charge in [-0.1, -0.05) is 15.9 Å². The maximum atomic E-state index is 14.0. The Balaban J connectivity index is 3.09. The first-order valence-electron chi connectivity index (χ1n) is 5.93. The van der Waals surface area contributed by atoms with Crippen molar-refractivity contribution in [2.45, 2.75) is 19.1 Å². The summed E-state index contributed by atoms with van der Waals surface area (Å²) in [6.07, 6.45) is -1.95. The van der Waals surface area contributed by atoms with Crippen LogP contribution in [0.4, 0.5) is 4.39 Å². The zero-order valence-corrected chi connectivity index (χ0v) is 13.1. The first-order chi connectivity index (χ1) is 9.46. The number of benzene rings is 1. The van der Waals surface area contributed by atoms with E-state index in [2.05, 4.69) is 20.7 Å². The van der Waals surface area contributed by atoms with Gasteiger partial charge in [0, 0.05) is 4.47 Å². The van der Waals surface area contributed by atoms with Gasteiger partial charge in [0.15, 0.2) is 11.5 Å². The molecular weight excluding hydrogens is 333 g/mol. The summed E-state index contributed by atoms with van der Waals surface area (Å²) in [5.74, 6) is -0.110. The van der Waals surface area contributed by atoms with E-state index in [4.69, 9.17) is 15.2 Å². The van der Waals surface area contributed by atoms with Crippen molar-refractivity contribution in [1.82, 2.24) is 0 Å². The van der Waals surface area contributed by atoms with Crippen molar-refractivity contribution >= 4 is 21.9 Å². The number of hydrogen-bond acceptors (Lipinski definition) is 5. The molecule has 1 aromatic carbocycles. The minimum Gasteiger partial charge on any atom is -0.493 e. The van der Waals surface area contributed by atoms with Gasteiger partial charge in [0.25, 0.3) is 0 Å². The molecule has 5 nitrogen and oxygen atoms in total. The molecule has 0 aliphatic carbocycles. The summed E-state index contributed by atoms with van der Waals surface area (Å²) in [5.41, 5.74) is 6.18. The molecule has 0 fully saturated rings. The molecule has 0 spiro atoms. The summed E-state index contributed by atoms with van der Waals surface area (Å²) in [7, 11) is 2.94. The molecule has 1 rings (SSSR count). The van der Waals surface area contributed by atoms with Gasteiger partial charge in [-0.3, -0.25) is 0 Å². The van der Waals surface area contributed by atoms with Crippen molar-refractivity contribution in [3.63, 3.8) is 0 Å². The first kappa shape index (κ1) is 16.7. The van der Waals surface area contributed by atoms with Crippen LogP contribution in [-0.4, -0.2) is 33.0 Å². The molecular formula is C13H17BrFNO4. The van der Waals surface area contributed by atoms with Crippen molar-refractivity contribution in [3.05, 3.63) is 22.2 Å². The van der Waals surface area contributed by atoms with Crippen LogP contribution in [0.15, 0.2) is 16.6 Å². The zero-order valence-electron chi connectivity index (χ0n) is 11.5. The van der Waals surface area contributed by atoms with Crippen LogP contribution in [0.5, 0.6) is 11.5 Å². The summed E-state index contributed by atoms with van der Waals surface area (Å²) in [6, 6.07) is 1.97. The highest BCUT2D eigenvalue weighted by molar-refractivity contribution is 9.10. The number of carbonyl (C=O) groups is 1. The van der Waals surface area contributed by atoms with Gasteiger partial charge >= 0.3 is 5.97 Å². The summed E-state index contributed by atoms with van der Waals surface area (Å²) < 4.78 is 29.4. The second-order valence-electron chi connectivity index (χ2n) is 3.91. The molecule has 112 valence electrons. The number of rotatable bonds is 6. The van der Waals surface area contributed by atoms with E-state index in [9.17, 15) is 9.18 Å². The average Bonchev–Trinajstić information content (AvgIpc) is 2.45. The predicted molar refractivity (Wildman–Crippen MR) is 75.7 cm³/mol. The standard InChI is InChI=1S/C13H17BrFNO4/c1-4-20-13(17)11(15)12(16)7-5-9(18-2)10(19-3)6-8(7)14/h5-6,11-12H,4,16H2,1-3H3/t11?,12-/m0/s1. The smallest absolute Gasteiger partial charge is 0.342 e. The zero-order chi connectivity index (χ0) is 15.3. The third-order valence-corrected chi connectivity index (χ3v) is 3.38. The molecule has 0 aliphatic rings. The van der Waals surface area contributed by atoms with E-state index in [0.29, 0.717) is 21.5 Å². The lowest BCUT2D eigenvalue weighted by Gasteiger charge is -2.19. The van der Waals surface area contributed by atoms with Gasteiger partial charge in [-0.2, -0.15) is 0 Å². The second-order valence-corrected chi connectivity index (χ2v) is 4.76. The number of hydrogen-bond donors (Lipinski definition) is 1. The van der Waals surface area contributed by atoms with Crippen LogP contribution in [0.1, 0.15) is 18.5 Å². The fourth-order valence-corrected chi connectivity index (χ4v) is 2.24. The van der Waals surface area contributed by atoms with Crippen LogP contribution in [0.25, 0.3) is 0 Å². The highest BCUT2D eigenvalue weighted by Crippen LogP contribution is 2.36. The van der Waals surface area contributed by atoms with Crippen molar-refractivity contribution in [1.29, 1.82) is 0 Å². The van der Waals surface area contributed by atoms with E-state index in [1.165, 1.54) is 20.3 Å². The summed E-state index contributed by atoms with van der Waals surface area (Å²) in [5, 5.41) is 0. The van der Waals surface area contributed by atoms with Crippen LogP contribution in [0, 0.1) is 0 Å². The summed E-state index contributed by atoms with van der Waals surface area (Å²) >= 11 is 3.27. The van der Waals surface area contributed by atoms with E-state index in [1.807, 2.05) is 0 Å². The largest absolute Gasteiger partial charge is 0.493 e. The van der Waals surface area contributed by atoms with Crippen LogP contribution in [-0.2, 0) is 9.53 Å². The number of alkyl halides is 1. The number of esters is 1. The van der Waals surface area contributed by atoms with Gasteiger partial charge in [0.1, 0.15) is 0 Å². The molecule has 20 heavy (non-hydrogen) atoms. The Morgan fingerprint density at radius 1 is 1.35 bits per heavy atom. The van der Waals surface area contributed by atoms with Gasteiger partial charge in [0.05, 0.1) is 26.9 Å². The van der Waals surface area contributed by atoms with E-state index < -0.39 is 18.2 Å². The molecule has 0 radical (unpaired) electrons. The highest BCUT2D eigenvalue weighted by Gasteiger charge is 2.30. The molecule has 0 heterocycles. The predicted octanol–water partition coefficient (Wildman–Crippen LogP) is 2.37. The third kappa shape index (κ3) is 3.61. The number of ether oxygens (including phenoxy) is 3. The molecule has 2 N–H and O–H groups in total. The summed E-state index contributed by atoms with van der Waals surface area (Å²) in [4.78, 5) is 11.4. The molecule has 2 atom stereocenters. The lowest BCUT2D eigenvalue weighted by molar-refractivity contribution is -0.149. The lowest BCUT2D eigenvalue weighted by Crippen LogP contribution is -2.31. The Bertz CT molecular complexity index is 484. The summed E-state index contributed by atoms with van der Waals surface area (Å²) in [6.45, 7) is 1.70. The van der Waals surface area contributed by atoms with Crippen molar-refractivity contribution in [2.75, 3.05) is 20.8 Å². The monoisotopic (exact) mass is 349 g/mol. The Hall–Kier alpha value is -1.34. The van der Waals surface area contributed by atoms with Crippen LogP contribution < -0.4 is 15.2 Å². The van der Waals surface area contributed by atoms with Crippen LogP contribution in [0.2, 0.25) is 0 Å². The molecule has 0 saturated heterocycles. The van der Waals surface area contributed by atoms with Crippen molar-refractivity contribution in [3.8, 4) is 11.5 Å². The average molecular weight is 350 g/mol. The topological polar surface area (TPSA) is 70.8 Å². The molecule has 1 aromatic rings. The van der Waals surface area contributed by atoms with Gasteiger partial charge in [-0.25, -0.2) is 9.18 Å². The number of methoxy groups -OCH3 is 2. The van der Waals surface area contributed by atoms with Crippen molar-refractivity contribution < 1.29 is 23.4 Å². The fourth-order valence-electron chi connectivity index (χ4n) is 1.65. The molecule has 0 bridgehead atoms. The van der Waals surface area contributed by atoms with Gasteiger partial charge < -0.3 is 19.9 Å². The SMILES string of the molecule is CCOC(=O)C(F)[C@@H](N)c1cc(OC)c(OC)cc1Br. The van der Waals surface area contributed by atoms with Gasteiger partial charge in [-0.15, -0.1) is 0 Å². The van der Waals surface area contributed by atoms with Crippen LogP contribution >= 0.6 is 15.9 Å². The number of nitrogens with two attached hydrogens (primary N) is 1. The number of carbonyl (C=O) groups excluding carboxylic acids is 1. The Morgan fingerprint density at radius 2 is 1.90 bits per heavy atom. The molecule has 0 aromatic heterocycles. The van der Waals surface area contributed by atoms with Crippen molar-refractivity contribution in [2.24, 2.45) is 5.73 Å². The van der Waals surface area contributed by atoms with Gasteiger partial charge in [-0.05, 0) is 24.6 Å². The molecule has 7 heteroatoms. The quantitative estimate of drug-likeness (QED) is 0.798. The minimum atomic E-state index is -1.95. The molecule has 1 unspecified atom stereocenters. The van der Waals surface area contributed by atoms with Gasteiger partial charge in [0.2, 0.25) is 6.17 Å². The van der Waals surface area contributed by atoms with E-state index in [-0.39, 0.29) is 6.61 Å².